The molecule has 1 aromatic rings. The Morgan fingerprint density at radius 1 is 1.00 bits per heavy atom. The summed E-state index contributed by atoms with van der Waals surface area (Å²) in [5.41, 5.74) is 4.59. The monoisotopic (exact) mass is 405 g/mol. The molecule has 0 N–H and O–H groups in total. The molecular formula is C21H33Sn. The molecule has 0 atom stereocenters. The van der Waals surface area contributed by atoms with Gasteiger partial charge in [-0.3, -0.25) is 0 Å². The third kappa shape index (κ3) is 5.44. The van der Waals surface area contributed by atoms with Crippen molar-refractivity contribution in [1.29, 1.82) is 0 Å². The molecule has 0 unspecified atom stereocenters. The molecule has 0 spiro atoms. The first-order chi connectivity index (χ1) is 10.6. The Bertz CT molecular complexity index is 439. The number of hydrogen-bond donors (Lipinski definition) is 0. The van der Waals surface area contributed by atoms with Gasteiger partial charge < -0.3 is 0 Å². The van der Waals surface area contributed by atoms with Crippen LogP contribution in [0.15, 0.2) is 24.8 Å². The minimum absolute atomic E-state index is 0.417. The average molecular weight is 404 g/mol. The second-order valence-corrected chi connectivity index (χ2v) is 9.20. The van der Waals surface area contributed by atoms with Crippen LogP contribution in [-0.2, 0) is 9.85 Å². The number of unbranched alkanes of at least 4 members (excludes halogenated alkanes) is 3. The quantitative estimate of drug-likeness (QED) is 0.374. The topological polar surface area (TPSA) is 0 Å². The summed E-state index contributed by atoms with van der Waals surface area (Å²) in [5, 5.41) is 0. The molecule has 0 bridgehead atoms. The van der Waals surface area contributed by atoms with Gasteiger partial charge in [-0.05, 0) is 0 Å². The van der Waals surface area contributed by atoms with E-state index in [1.807, 2.05) is 0 Å². The fourth-order valence-corrected chi connectivity index (χ4v) is 4.91. The van der Waals surface area contributed by atoms with Crippen LogP contribution < -0.4 is 0 Å². The molecule has 121 valence electrons. The van der Waals surface area contributed by atoms with Gasteiger partial charge in [-0.1, -0.05) is 0 Å². The zero-order valence-electron chi connectivity index (χ0n) is 14.9. The van der Waals surface area contributed by atoms with Gasteiger partial charge in [-0.15, -0.1) is 0 Å². The maximum atomic E-state index is 4.05. The summed E-state index contributed by atoms with van der Waals surface area (Å²) in [6.07, 6.45) is 13.8. The summed E-state index contributed by atoms with van der Waals surface area (Å²) in [6, 6.07) is 6.91. The van der Waals surface area contributed by atoms with Crippen LogP contribution in [0.1, 0.15) is 88.8 Å². The average Bonchev–Trinajstić information content (AvgIpc) is 2.55. The van der Waals surface area contributed by atoms with Gasteiger partial charge in [0.1, 0.15) is 0 Å². The van der Waals surface area contributed by atoms with Crippen molar-refractivity contribution >= 4 is 28.6 Å². The molecule has 0 nitrogen and oxygen atoms in total. The molecule has 0 fully saturated rings. The van der Waals surface area contributed by atoms with E-state index in [-0.39, 0.29) is 0 Å². The van der Waals surface area contributed by atoms with Crippen LogP contribution in [0.25, 0.3) is 6.08 Å². The van der Waals surface area contributed by atoms with E-state index in [2.05, 4.69) is 51.6 Å². The van der Waals surface area contributed by atoms with E-state index in [0.29, 0.717) is 3.43 Å². The molecule has 0 saturated carbocycles. The molecule has 0 saturated heterocycles. The van der Waals surface area contributed by atoms with Crippen LogP contribution in [0.2, 0.25) is 0 Å². The molecule has 0 aliphatic carbocycles. The summed E-state index contributed by atoms with van der Waals surface area (Å²) >= 11 is 1.69. The zero-order chi connectivity index (χ0) is 16.4. The molecular weight excluding hydrogens is 371 g/mol. The normalized spacial score (nSPS) is 11.6. The van der Waals surface area contributed by atoms with Crippen molar-refractivity contribution in [2.75, 3.05) is 0 Å². The molecule has 1 heteroatoms. The van der Waals surface area contributed by atoms with Gasteiger partial charge in [0.15, 0.2) is 0 Å². The molecule has 0 heterocycles. The van der Waals surface area contributed by atoms with Crippen molar-refractivity contribution < 1.29 is 0 Å². The van der Waals surface area contributed by atoms with E-state index in [9.17, 15) is 0 Å². The molecule has 1 rings (SSSR count). The third-order valence-electron chi connectivity index (χ3n) is 4.64. The Hall–Kier alpha value is -0.241. The Labute approximate surface area is 151 Å². The summed E-state index contributed by atoms with van der Waals surface area (Å²) in [6.45, 7) is 11.0. The second kappa shape index (κ2) is 10.5. The van der Waals surface area contributed by atoms with Crippen molar-refractivity contribution in [2.45, 2.75) is 82.0 Å². The third-order valence-corrected chi connectivity index (χ3v) is 6.84. The molecule has 3 radical (unpaired) electrons. The van der Waals surface area contributed by atoms with Crippen LogP contribution in [0.5, 0.6) is 0 Å². The van der Waals surface area contributed by atoms with Crippen molar-refractivity contribution in [3.05, 3.63) is 41.5 Å². The van der Waals surface area contributed by atoms with Gasteiger partial charge in [-0.25, -0.2) is 0 Å². The van der Waals surface area contributed by atoms with E-state index in [4.69, 9.17) is 0 Å². The van der Waals surface area contributed by atoms with E-state index < -0.39 is 0 Å². The van der Waals surface area contributed by atoms with Gasteiger partial charge in [0.25, 0.3) is 0 Å². The second-order valence-electron chi connectivity index (χ2n) is 6.47. The maximum absolute atomic E-state index is 4.05. The predicted octanol–water partition coefficient (Wildman–Crippen LogP) is 6.42. The van der Waals surface area contributed by atoms with Gasteiger partial charge in [0, 0.05) is 0 Å². The summed E-state index contributed by atoms with van der Waals surface area (Å²) < 4.78 is 0.417. The first-order valence-corrected chi connectivity index (χ1v) is 10.5. The summed E-state index contributed by atoms with van der Waals surface area (Å²) in [4.78, 5) is 0. The predicted molar refractivity (Wildman–Crippen MR) is 102 cm³/mol. The SMILES string of the molecule is C=Cc1cccc([C]([Sn])(CCCC)CCCC)c1CCCC. The van der Waals surface area contributed by atoms with E-state index in [1.54, 1.807) is 33.7 Å². The van der Waals surface area contributed by atoms with E-state index in [0.717, 1.165) is 0 Å². The minimum atomic E-state index is 0.417. The molecule has 0 amide bonds. The van der Waals surface area contributed by atoms with E-state index in [1.165, 1.54) is 63.4 Å². The van der Waals surface area contributed by atoms with E-state index >= 15 is 0 Å². The Balaban J connectivity index is 3.23. The van der Waals surface area contributed by atoms with Crippen LogP contribution in [0.3, 0.4) is 0 Å². The van der Waals surface area contributed by atoms with Gasteiger partial charge in [0.05, 0.1) is 0 Å². The Morgan fingerprint density at radius 3 is 2.09 bits per heavy atom. The Morgan fingerprint density at radius 2 is 1.59 bits per heavy atom. The van der Waals surface area contributed by atoms with Gasteiger partial charge >= 0.3 is 152 Å². The molecule has 1 aromatic carbocycles. The van der Waals surface area contributed by atoms with Crippen molar-refractivity contribution in [3.63, 3.8) is 0 Å². The number of benzene rings is 1. The molecule has 0 aliphatic heterocycles. The first-order valence-electron chi connectivity index (χ1n) is 9.12. The van der Waals surface area contributed by atoms with Crippen molar-refractivity contribution in [2.24, 2.45) is 0 Å². The van der Waals surface area contributed by atoms with Crippen LogP contribution in [0, 0.1) is 0 Å². The Kier molecular flexibility index (Phi) is 9.47. The molecule has 22 heavy (non-hydrogen) atoms. The van der Waals surface area contributed by atoms with Crippen LogP contribution in [-0.4, -0.2) is 22.5 Å². The standard InChI is InChI=1S/C21H33.Sn/c1-5-9-13-19(14-10-6-2)21-17-12-15-18(8-4)20(21)16-11-7-3;/h8,12,15,17H,4-7,9-11,13-14,16H2,1-3H3;. The van der Waals surface area contributed by atoms with Crippen LogP contribution in [0.4, 0.5) is 0 Å². The number of rotatable bonds is 11. The fourth-order valence-electron chi connectivity index (χ4n) is 3.23. The zero-order valence-corrected chi connectivity index (χ0v) is 17.7. The van der Waals surface area contributed by atoms with Gasteiger partial charge in [-0.2, -0.15) is 0 Å². The molecule has 0 aliphatic rings. The van der Waals surface area contributed by atoms with Crippen molar-refractivity contribution in [3.8, 4) is 0 Å². The van der Waals surface area contributed by atoms with Gasteiger partial charge in [0.2, 0.25) is 0 Å². The summed E-state index contributed by atoms with van der Waals surface area (Å²) in [7, 11) is 0. The van der Waals surface area contributed by atoms with Crippen molar-refractivity contribution in [1.82, 2.24) is 0 Å². The first kappa shape index (κ1) is 19.8. The number of hydrogen-bond acceptors (Lipinski definition) is 0. The molecule has 0 aromatic heterocycles. The van der Waals surface area contributed by atoms with Crippen LogP contribution >= 0.6 is 0 Å². The summed E-state index contributed by atoms with van der Waals surface area (Å²) in [5.74, 6) is 0. The fraction of sp³-hybridized carbons (Fsp3) is 0.619.